The molecule has 0 aromatic carbocycles. The van der Waals surface area contributed by atoms with Gasteiger partial charge in [0.1, 0.15) is 0 Å². The number of aromatic nitrogens is 1. The molecule has 54 valence electrons. The minimum atomic E-state index is 0.729. The van der Waals surface area contributed by atoms with Gasteiger partial charge in [-0.25, -0.2) is 0 Å². The molecule has 10 heavy (non-hydrogen) atoms. The van der Waals surface area contributed by atoms with Crippen molar-refractivity contribution in [2.45, 2.75) is 13.3 Å². The van der Waals surface area contributed by atoms with Crippen LogP contribution in [0.5, 0.6) is 0 Å². The molecule has 0 amide bonds. The number of rotatable bonds is 1. The van der Waals surface area contributed by atoms with E-state index in [1.54, 1.807) is 12.3 Å². The summed E-state index contributed by atoms with van der Waals surface area (Å²) in [5.74, 6) is 0. The fraction of sp³-hybridized carbons (Fsp3) is 0.286. The molecule has 0 aliphatic rings. The van der Waals surface area contributed by atoms with E-state index in [-0.39, 0.29) is 0 Å². The number of pyridine rings is 1. The van der Waals surface area contributed by atoms with Crippen LogP contribution in [0.4, 0.5) is 0 Å². The average Bonchev–Trinajstić information content (AvgIpc) is 1.95. The summed E-state index contributed by atoms with van der Waals surface area (Å²) in [5, 5.41) is 0.729. The zero-order valence-corrected chi connectivity index (χ0v) is 7.91. The lowest BCUT2D eigenvalue weighted by Crippen LogP contribution is -1.87. The van der Waals surface area contributed by atoms with Crippen molar-refractivity contribution in [3.05, 3.63) is 27.5 Å². The molecule has 1 heterocycles. The normalized spacial score (nSPS) is 9.90. The van der Waals surface area contributed by atoms with Gasteiger partial charge in [0.25, 0.3) is 0 Å². The molecule has 0 N–H and O–H groups in total. The molecule has 0 bridgehead atoms. The van der Waals surface area contributed by atoms with Gasteiger partial charge in [-0.2, -0.15) is 0 Å². The van der Waals surface area contributed by atoms with Crippen LogP contribution in [0, 0.1) is 0 Å². The fourth-order valence-electron chi connectivity index (χ4n) is 0.707. The van der Waals surface area contributed by atoms with Crippen LogP contribution >= 0.6 is 27.5 Å². The van der Waals surface area contributed by atoms with E-state index in [0.717, 1.165) is 21.6 Å². The fourth-order valence-corrected chi connectivity index (χ4v) is 1.39. The van der Waals surface area contributed by atoms with Crippen molar-refractivity contribution in [2.24, 2.45) is 0 Å². The average molecular weight is 220 g/mol. The van der Waals surface area contributed by atoms with Crippen molar-refractivity contribution in [1.82, 2.24) is 4.98 Å². The van der Waals surface area contributed by atoms with Crippen LogP contribution in [-0.4, -0.2) is 4.98 Å². The molecule has 1 aromatic heterocycles. The van der Waals surface area contributed by atoms with Gasteiger partial charge in [-0.1, -0.05) is 18.5 Å². The van der Waals surface area contributed by atoms with Crippen LogP contribution in [0.15, 0.2) is 16.7 Å². The lowest BCUT2D eigenvalue weighted by molar-refractivity contribution is 1.02. The van der Waals surface area contributed by atoms with Gasteiger partial charge in [0.15, 0.2) is 0 Å². The Labute approximate surface area is 73.6 Å². The standard InChI is InChI=1S/C7H7BrClN/c1-2-6-7(8)5(9)3-4-10-6/h3-4H,2H2,1H3. The first kappa shape index (κ1) is 8.02. The summed E-state index contributed by atoms with van der Waals surface area (Å²) in [4.78, 5) is 4.13. The van der Waals surface area contributed by atoms with Crippen molar-refractivity contribution in [2.75, 3.05) is 0 Å². The summed E-state index contributed by atoms with van der Waals surface area (Å²) in [6.45, 7) is 2.05. The molecular weight excluding hydrogens is 213 g/mol. The van der Waals surface area contributed by atoms with E-state index in [1.807, 2.05) is 6.92 Å². The number of aryl methyl sites for hydroxylation is 1. The maximum atomic E-state index is 5.81. The van der Waals surface area contributed by atoms with E-state index < -0.39 is 0 Å². The van der Waals surface area contributed by atoms with Crippen LogP contribution in [0.3, 0.4) is 0 Å². The van der Waals surface area contributed by atoms with Crippen LogP contribution in [0.25, 0.3) is 0 Å². The molecule has 1 nitrogen and oxygen atoms in total. The molecule has 3 heteroatoms. The number of hydrogen-bond acceptors (Lipinski definition) is 1. The van der Waals surface area contributed by atoms with Crippen molar-refractivity contribution in [3.63, 3.8) is 0 Å². The van der Waals surface area contributed by atoms with Crippen LogP contribution in [-0.2, 0) is 6.42 Å². The predicted octanol–water partition coefficient (Wildman–Crippen LogP) is 3.06. The Morgan fingerprint density at radius 3 is 2.90 bits per heavy atom. The zero-order valence-electron chi connectivity index (χ0n) is 5.56. The Bertz CT molecular complexity index is 237. The van der Waals surface area contributed by atoms with Crippen molar-refractivity contribution >= 4 is 27.5 Å². The molecule has 1 aromatic rings. The number of nitrogens with zero attached hydrogens (tertiary/aromatic N) is 1. The highest BCUT2D eigenvalue weighted by Gasteiger charge is 2.01. The maximum absolute atomic E-state index is 5.81. The highest BCUT2D eigenvalue weighted by atomic mass is 79.9. The zero-order chi connectivity index (χ0) is 7.56. The molecule has 0 aliphatic heterocycles. The highest BCUT2D eigenvalue weighted by Crippen LogP contribution is 2.24. The maximum Gasteiger partial charge on any atom is 0.0581 e. The van der Waals surface area contributed by atoms with E-state index >= 15 is 0 Å². The third-order valence-electron chi connectivity index (χ3n) is 1.25. The number of halogens is 2. The van der Waals surface area contributed by atoms with E-state index in [1.165, 1.54) is 0 Å². The first-order valence-electron chi connectivity index (χ1n) is 3.04. The molecule has 0 unspecified atom stereocenters. The Hall–Kier alpha value is -0.0800. The SMILES string of the molecule is CCc1nccc(Cl)c1Br. The Balaban J connectivity index is 3.14. The quantitative estimate of drug-likeness (QED) is 0.709. The largest absolute Gasteiger partial charge is 0.260 e. The first-order valence-corrected chi connectivity index (χ1v) is 4.21. The molecule has 0 atom stereocenters. The molecule has 0 aliphatic carbocycles. The van der Waals surface area contributed by atoms with Gasteiger partial charge in [0.05, 0.1) is 15.2 Å². The summed E-state index contributed by atoms with van der Waals surface area (Å²) in [6, 6.07) is 1.77. The van der Waals surface area contributed by atoms with Gasteiger partial charge in [-0.05, 0) is 28.4 Å². The van der Waals surface area contributed by atoms with Crippen molar-refractivity contribution < 1.29 is 0 Å². The molecule has 0 saturated carbocycles. The van der Waals surface area contributed by atoms with E-state index in [9.17, 15) is 0 Å². The van der Waals surface area contributed by atoms with Crippen molar-refractivity contribution in [1.29, 1.82) is 0 Å². The summed E-state index contributed by atoms with van der Waals surface area (Å²) in [7, 11) is 0. The van der Waals surface area contributed by atoms with Gasteiger partial charge in [0, 0.05) is 6.20 Å². The third-order valence-corrected chi connectivity index (χ3v) is 2.68. The predicted molar refractivity (Wildman–Crippen MR) is 46.3 cm³/mol. The van der Waals surface area contributed by atoms with Crippen LogP contribution in [0.1, 0.15) is 12.6 Å². The van der Waals surface area contributed by atoms with E-state index in [4.69, 9.17) is 11.6 Å². The third kappa shape index (κ3) is 1.50. The summed E-state index contributed by atoms with van der Waals surface area (Å²) in [6.07, 6.45) is 2.62. The second-order valence-corrected chi connectivity index (χ2v) is 3.11. The topological polar surface area (TPSA) is 12.9 Å². The van der Waals surface area contributed by atoms with Crippen LogP contribution in [0.2, 0.25) is 5.02 Å². The molecule has 0 spiro atoms. The van der Waals surface area contributed by atoms with E-state index in [2.05, 4.69) is 20.9 Å². The van der Waals surface area contributed by atoms with Gasteiger partial charge >= 0.3 is 0 Å². The summed E-state index contributed by atoms with van der Waals surface area (Å²) >= 11 is 9.15. The molecule has 1 rings (SSSR count). The van der Waals surface area contributed by atoms with Gasteiger partial charge < -0.3 is 0 Å². The van der Waals surface area contributed by atoms with Crippen molar-refractivity contribution in [3.8, 4) is 0 Å². The van der Waals surface area contributed by atoms with Gasteiger partial charge in [-0.3, -0.25) is 4.98 Å². The van der Waals surface area contributed by atoms with Gasteiger partial charge in [-0.15, -0.1) is 0 Å². The second kappa shape index (κ2) is 3.35. The summed E-state index contributed by atoms with van der Waals surface area (Å²) < 4.78 is 0.916. The van der Waals surface area contributed by atoms with Crippen LogP contribution < -0.4 is 0 Å². The smallest absolute Gasteiger partial charge is 0.0581 e. The molecule has 0 radical (unpaired) electrons. The first-order chi connectivity index (χ1) is 4.75. The Morgan fingerprint density at radius 1 is 1.70 bits per heavy atom. The van der Waals surface area contributed by atoms with Gasteiger partial charge in [0.2, 0.25) is 0 Å². The molecule has 0 fully saturated rings. The molecule has 0 saturated heterocycles. The monoisotopic (exact) mass is 219 g/mol. The van der Waals surface area contributed by atoms with E-state index in [0.29, 0.717) is 0 Å². The number of hydrogen-bond donors (Lipinski definition) is 0. The highest BCUT2D eigenvalue weighted by molar-refractivity contribution is 9.10. The summed E-state index contributed by atoms with van der Waals surface area (Å²) in [5.41, 5.74) is 1.01. The Kier molecular flexibility index (Phi) is 2.69. The molecular formula is C7H7BrClN. The minimum absolute atomic E-state index is 0.729. The lowest BCUT2D eigenvalue weighted by Gasteiger charge is -1.99. The second-order valence-electron chi connectivity index (χ2n) is 1.91. The minimum Gasteiger partial charge on any atom is -0.260 e. The lowest BCUT2D eigenvalue weighted by atomic mass is 10.3. The Morgan fingerprint density at radius 2 is 2.40 bits per heavy atom.